The number of nitrogens with one attached hydrogen (secondary N) is 3. The summed E-state index contributed by atoms with van der Waals surface area (Å²) < 4.78 is 27.5. The number of fused-ring (bicyclic) bond motifs is 2. The van der Waals surface area contributed by atoms with E-state index in [1.54, 1.807) is 18.2 Å². The molecule has 0 unspecified atom stereocenters. The Hall–Kier alpha value is -3.64. The Morgan fingerprint density at radius 3 is 2.45 bits per heavy atom. The van der Waals surface area contributed by atoms with Crippen LogP contribution in [0.1, 0.15) is 45.1 Å². The monoisotopic (exact) mass is 630 g/mol. The zero-order chi connectivity index (χ0) is 30.0. The number of hydrogen-bond donors (Lipinski definition) is 4. The molecule has 1 heterocycles. The Kier molecular flexibility index (Phi) is 8.74. The molecule has 0 spiro atoms. The van der Waals surface area contributed by atoms with Crippen molar-refractivity contribution in [2.24, 2.45) is 0 Å². The van der Waals surface area contributed by atoms with Crippen LogP contribution in [0.5, 0.6) is 0 Å². The van der Waals surface area contributed by atoms with Gasteiger partial charge >= 0.3 is 12.0 Å². The molecule has 2 aliphatic rings. The van der Waals surface area contributed by atoms with Gasteiger partial charge in [0.15, 0.2) is 0 Å². The summed E-state index contributed by atoms with van der Waals surface area (Å²) in [5, 5.41) is 17.4. The highest BCUT2D eigenvalue weighted by atomic mass is 35.5. The maximum atomic E-state index is 13.2. The van der Waals surface area contributed by atoms with Gasteiger partial charge in [-0.1, -0.05) is 65.7 Å². The molecule has 3 amide bonds. The predicted octanol–water partition coefficient (Wildman–Crippen LogP) is 3.91. The topological polar surface area (TPSA) is 145 Å². The summed E-state index contributed by atoms with van der Waals surface area (Å²) in [6.07, 6.45) is 1.79. The molecular weight excluding hydrogens is 603 g/mol. The minimum Gasteiger partial charge on any atom is -0.480 e. The van der Waals surface area contributed by atoms with Crippen molar-refractivity contribution in [2.45, 2.75) is 42.8 Å². The molecule has 10 nitrogen and oxygen atoms in total. The van der Waals surface area contributed by atoms with Gasteiger partial charge in [0, 0.05) is 13.1 Å². The zero-order valence-electron chi connectivity index (χ0n) is 22.3. The van der Waals surface area contributed by atoms with E-state index >= 15 is 0 Å². The van der Waals surface area contributed by atoms with Gasteiger partial charge < -0.3 is 21.1 Å². The fourth-order valence-corrected chi connectivity index (χ4v) is 7.53. The fraction of sp³-hybridized carbons (Fsp3) is 0.276. The number of carboxylic acid groups (broad SMARTS) is 1. The van der Waals surface area contributed by atoms with E-state index in [0.717, 1.165) is 24.0 Å². The summed E-state index contributed by atoms with van der Waals surface area (Å²) in [6, 6.07) is 15.1. The molecule has 2 atom stereocenters. The van der Waals surface area contributed by atoms with Crippen LogP contribution < -0.4 is 16.0 Å². The number of aryl methyl sites for hydroxylation is 1. The van der Waals surface area contributed by atoms with E-state index < -0.39 is 34.0 Å². The van der Waals surface area contributed by atoms with Crippen molar-refractivity contribution in [1.82, 2.24) is 20.3 Å². The van der Waals surface area contributed by atoms with Crippen molar-refractivity contribution < 1.29 is 27.9 Å². The summed E-state index contributed by atoms with van der Waals surface area (Å²) in [5.74, 6) is -2.19. The van der Waals surface area contributed by atoms with Crippen molar-refractivity contribution in [2.75, 3.05) is 13.1 Å². The van der Waals surface area contributed by atoms with E-state index in [1.165, 1.54) is 22.5 Å². The summed E-state index contributed by atoms with van der Waals surface area (Å²) in [6.45, 7) is -0.237. The van der Waals surface area contributed by atoms with Gasteiger partial charge in [-0.3, -0.25) is 4.79 Å². The number of sulfonamides is 1. The second-order valence-electron chi connectivity index (χ2n) is 10.1. The van der Waals surface area contributed by atoms with Crippen LogP contribution in [0, 0.1) is 0 Å². The molecule has 0 aromatic heterocycles. The molecule has 42 heavy (non-hydrogen) atoms. The summed E-state index contributed by atoms with van der Waals surface area (Å²) in [4.78, 5) is 37.8. The molecule has 0 radical (unpaired) electrons. The standard InChI is InChI=1S/C29H28Cl2N4O6S/c30-22-14-18-16-35(42(40,41)19-7-2-1-3-8-19)13-12-21(18)26(31)25(22)27(36)33-24(28(37)38)15-32-29(39)34-23-11-10-17-6-4-5-9-20(17)23/h1-9,14,23-24H,10-13,15-16H2,(H,33,36)(H,37,38)(H2,32,34,39)/t23-,24+/m1/s1. The van der Waals surface area contributed by atoms with Crippen molar-refractivity contribution >= 4 is 51.1 Å². The molecule has 0 saturated heterocycles. The fourth-order valence-electron chi connectivity index (χ4n) is 5.32. The second kappa shape index (κ2) is 12.3. The van der Waals surface area contributed by atoms with Gasteiger partial charge in [-0.05, 0) is 59.7 Å². The Balaban J connectivity index is 1.25. The Labute approximate surface area is 253 Å². The van der Waals surface area contributed by atoms with E-state index in [2.05, 4.69) is 16.0 Å². The van der Waals surface area contributed by atoms with Crippen molar-refractivity contribution in [3.8, 4) is 0 Å². The third kappa shape index (κ3) is 6.10. The van der Waals surface area contributed by atoms with E-state index in [1.807, 2.05) is 24.3 Å². The first-order valence-electron chi connectivity index (χ1n) is 13.3. The van der Waals surface area contributed by atoms with Crippen LogP contribution in [0.2, 0.25) is 10.0 Å². The lowest BCUT2D eigenvalue weighted by Gasteiger charge is -2.29. The second-order valence-corrected chi connectivity index (χ2v) is 12.8. The third-order valence-corrected chi connectivity index (χ3v) is 10.1. The summed E-state index contributed by atoms with van der Waals surface area (Å²) in [7, 11) is -3.76. The van der Waals surface area contributed by atoms with E-state index in [-0.39, 0.29) is 52.6 Å². The highest BCUT2D eigenvalue weighted by molar-refractivity contribution is 7.89. The number of rotatable bonds is 8. The molecule has 3 aromatic rings. The average Bonchev–Trinajstić information content (AvgIpc) is 3.37. The largest absolute Gasteiger partial charge is 0.480 e. The number of amides is 3. The predicted molar refractivity (Wildman–Crippen MR) is 157 cm³/mol. The number of carbonyl (C=O) groups is 3. The van der Waals surface area contributed by atoms with E-state index in [9.17, 15) is 27.9 Å². The number of nitrogens with zero attached hydrogens (tertiary/aromatic N) is 1. The first-order chi connectivity index (χ1) is 20.1. The van der Waals surface area contributed by atoms with Crippen LogP contribution in [0.15, 0.2) is 65.6 Å². The maximum Gasteiger partial charge on any atom is 0.328 e. The number of urea groups is 1. The highest BCUT2D eigenvalue weighted by Crippen LogP contribution is 2.36. The molecule has 5 rings (SSSR count). The van der Waals surface area contributed by atoms with Gasteiger partial charge in [0.25, 0.3) is 5.91 Å². The maximum absolute atomic E-state index is 13.2. The van der Waals surface area contributed by atoms with Gasteiger partial charge in [0.1, 0.15) is 6.04 Å². The van der Waals surface area contributed by atoms with Crippen LogP contribution in [-0.4, -0.2) is 54.9 Å². The molecule has 1 aliphatic heterocycles. The van der Waals surface area contributed by atoms with Gasteiger partial charge in [0.05, 0.1) is 33.1 Å². The molecule has 3 aromatic carbocycles. The first kappa shape index (κ1) is 29.8. The van der Waals surface area contributed by atoms with Gasteiger partial charge in [0.2, 0.25) is 10.0 Å². The normalized spacial score (nSPS) is 17.0. The molecule has 220 valence electrons. The van der Waals surface area contributed by atoms with Crippen LogP contribution in [0.25, 0.3) is 0 Å². The number of carboxylic acids is 1. The molecule has 0 fully saturated rings. The zero-order valence-corrected chi connectivity index (χ0v) is 24.6. The van der Waals surface area contributed by atoms with Crippen LogP contribution >= 0.6 is 23.2 Å². The number of aliphatic carboxylic acids is 1. The molecular formula is C29H28Cl2N4O6S. The molecule has 13 heteroatoms. The Morgan fingerprint density at radius 1 is 1.00 bits per heavy atom. The van der Waals surface area contributed by atoms with Gasteiger partial charge in [-0.15, -0.1) is 0 Å². The molecule has 4 N–H and O–H groups in total. The first-order valence-corrected chi connectivity index (χ1v) is 15.5. The van der Waals surface area contributed by atoms with Crippen molar-refractivity contribution in [3.05, 3.63) is 98.5 Å². The number of benzene rings is 3. The van der Waals surface area contributed by atoms with E-state index in [4.69, 9.17) is 23.2 Å². The van der Waals surface area contributed by atoms with Crippen LogP contribution in [-0.2, 0) is 34.2 Å². The molecule has 0 saturated carbocycles. The molecule has 0 bridgehead atoms. The Bertz CT molecular complexity index is 1650. The van der Waals surface area contributed by atoms with Gasteiger partial charge in [-0.25, -0.2) is 18.0 Å². The van der Waals surface area contributed by atoms with Gasteiger partial charge in [-0.2, -0.15) is 4.31 Å². The summed E-state index contributed by atoms with van der Waals surface area (Å²) >= 11 is 13.0. The lowest BCUT2D eigenvalue weighted by Crippen LogP contribution is -2.50. The molecule has 1 aliphatic carbocycles. The van der Waals surface area contributed by atoms with Crippen molar-refractivity contribution in [1.29, 1.82) is 0 Å². The average molecular weight is 632 g/mol. The summed E-state index contributed by atoms with van der Waals surface area (Å²) in [5.41, 5.74) is 3.17. The quantitative estimate of drug-likeness (QED) is 0.297. The SMILES string of the molecule is O=C(NC[C@H](NC(=O)c1c(Cl)cc2c(c1Cl)CCN(S(=O)(=O)c1ccccc1)C2)C(=O)O)N[C@@H]1CCc2ccccc21. The number of hydrogen-bond acceptors (Lipinski definition) is 5. The minimum absolute atomic E-state index is 0.0101. The van der Waals surface area contributed by atoms with Crippen LogP contribution in [0.3, 0.4) is 0 Å². The lowest BCUT2D eigenvalue weighted by molar-refractivity contribution is -0.139. The van der Waals surface area contributed by atoms with E-state index in [0.29, 0.717) is 11.1 Å². The number of halogens is 2. The van der Waals surface area contributed by atoms with Crippen LogP contribution in [0.4, 0.5) is 4.79 Å². The Morgan fingerprint density at radius 2 is 1.71 bits per heavy atom. The smallest absolute Gasteiger partial charge is 0.328 e. The highest BCUT2D eigenvalue weighted by Gasteiger charge is 2.32. The minimum atomic E-state index is -3.76. The lowest BCUT2D eigenvalue weighted by atomic mass is 9.97. The van der Waals surface area contributed by atoms with Crippen molar-refractivity contribution in [3.63, 3.8) is 0 Å². The third-order valence-electron chi connectivity index (χ3n) is 7.49. The number of carbonyl (C=O) groups excluding carboxylic acids is 2.